The molecule has 0 aliphatic carbocycles. The summed E-state index contributed by atoms with van der Waals surface area (Å²) in [5.41, 5.74) is 1.13. The summed E-state index contributed by atoms with van der Waals surface area (Å²) in [4.78, 5) is 11.7. The molecule has 5 nitrogen and oxygen atoms in total. The maximum Gasteiger partial charge on any atom is 0.129 e. The molecular formula is C17H28N4O. The molecule has 5 heteroatoms. The molecule has 0 amide bonds. The number of nitrogens with zero attached hydrogens (tertiary/aromatic N) is 3. The third kappa shape index (κ3) is 4.40. The van der Waals surface area contributed by atoms with Gasteiger partial charge in [0.05, 0.1) is 12.3 Å². The number of likely N-dealkylation sites (tertiary alicyclic amines) is 1. The lowest BCUT2D eigenvalue weighted by Gasteiger charge is -2.14. The van der Waals surface area contributed by atoms with Crippen LogP contribution < -0.4 is 5.32 Å². The number of nitrogens with one attached hydrogen (secondary N) is 1. The van der Waals surface area contributed by atoms with E-state index >= 15 is 0 Å². The quantitative estimate of drug-likeness (QED) is 0.785. The Kier molecular flexibility index (Phi) is 5.62. The maximum absolute atomic E-state index is 5.47. The Morgan fingerprint density at radius 1 is 1.27 bits per heavy atom. The van der Waals surface area contributed by atoms with E-state index in [0.717, 1.165) is 43.5 Å². The molecule has 1 aromatic heterocycles. The fourth-order valence-corrected chi connectivity index (χ4v) is 3.34. The standard InChI is InChI=1S/C17H28N4O/c1-14-19-16(15-6-11-22-13-15)12-17(20-14)18-7-2-3-8-21-9-4-5-10-21/h12,15H,2-11,13H2,1H3,(H,18,19,20). The SMILES string of the molecule is Cc1nc(NCCCCN2CCCC2)cc(C2CCOC2)n1. The van der Waals surface area contributed by atoms with Crippen LogP contribution in [0.1, 0.15) is 49.5 Å². The molecule has 2 saturated heterocycles. The molecule has 1 atom stereocenters. The minimum atomic E-state index is 0.442. The van der Waals surface area contributed by atoms with E-state index in [9.17, 15) is 0 Å². The van der Waals surface area contributed by atoms with Crippen molar-refractivity contribution in [2.45, 2.75) is 44.9 Å². The monoisotopic (exact) mass is 304 g/mol. The molecule has 0 spiro atoms. The van der Waals surface area contributed by atoms with Gasteiger partial charge in [-0.15, -0.1) is 0 Å². The molecule has 1 N–H and O–H groups in total. The molecule has 0 saturated carbocycles. The smallest absolute Gasteiger partial charge is 0.129 e. The van der Waals surface area contributed by atoms with Crippen molar-refractivity contribution in [2.24, 2.45) is 0 Å². The molecule has 0 radical (unpaired) electrons. The first-order valence-corrected chi connectivity index (χ1v) is 8.71. The highest BCUT2D eigenvalue weighted by Crippen LogP contribution is 2.25. The summed E-state index contributed by atoms with van der Waals surface area (Å²) < 4.78 is 5.47. The molecule has 2 fully saturated rings. The summed E-state index contributed by atoms with van der Waals surface area (Å²) in [6.45, 7) is 8.45. The summed E-state index contributed by atoms with van der Waals surface area (Å²) >= 11 is 0. The van der Waals surface area contributed by atoms with E-state index in [4.69, 9.17) is 4.74 Å². The van der Waals surface area contributed by atoms with E-state index in [2.05, 4.69) is 26.3 Å². The van der Waals surface area contributed by atoms with E-state index in [1.54, 1.807) is 0 Å². The first kappa shape index (κ1) is 15.7. The van der Waals surface area contributed by atoms with Gasteiger partial charge >= 0.3 is 0 Å². The molecule has 2 aliphatic rings. The maximum atomic E-state index is 5.47. The molecule has 1 aromatic rings. The van der Waals surface area contributed by atoms with Gasteiger partial charge in [0.2, 0.25) is 0 Å². The number of unbranched alkanes of at least 4 members (excludes halogenated alkanes) is 1. The lowest BCUT2D eigenvalue weighted by molar-refractivity contribution is 0.193. The zero-order chi connectivity index (χ0) is 15.2. The number of aromatic nitrogens is 2. The average Bonchev–Trinajstić information content (AvgIpc) is 3.20. The molecule has 0 aromatic carbocycles. The van der Waals surface area contributed by atoms with Gasteiger partial charge in [0.25, 0.3) is 0 Å². The highest BCUT2D eigenvalue weighted by molar-refractivity contribution is 5.37. The molecule has 3 rings (SSSR count). The van der Waals surface area contributed by atoms with E-state index < -0.39 is 0 Å². The van der Waals surface area contributed by atoms with Crippen LogP contribution in [0.15, 0.2) is 6.07 Å². The van der Waals surface area contributed by atoms with Crippen molar-refractivity contribution in [3.8, 4) is 0 Å². The lowest BCUT2D eigenvalue weighted by Crippen LogP contribution is -2.21. The summed E-state index contributed by atoms with van der Waals surface area (Å²) in [5.74, 6) is 2.26. The topological polar surface area (TPSA) is 50.3 Å². The normalized spacial score (nSPS) is 22.3. The van der Waals surface area contributed by atoms with Gasteiger partial charge in [0.15, 0.2) is 0 Å². The number of rotatable bonds is 7. The van der Waals surface area contributed by atoms with Crippen LogP contribution in [0, 0.1) is 6.92 Å². The van der Waals surface area contributed by atoms with Crippen molar-refractivity contribution in [3.63, 3.8) is 0 Å². The van der Waals surface area contributed by atoms with Crippen LogP contribution in [-0.4, -0.2) is 54.3 Å². The van der Waals surface area contributed by atoms with Gasteiger partial charge in [-0.2, -0.15) is 0 Å². The number of ether oxygens (including phenoxy) is 1. The van der Waals surface area contributed by atoms with Crippen LogP contribution in [0.5, 0.6) is 0 Å². The second-order valence-corrected chi connectivity index (χ2v) is 6.47. The molecule has 0 bridgehead atoms. The zero-order valence-electron chi connectivity index (χ0n) is 13.7. The zero-order valence-corrected chi connectivity index (χ0v) is 13.7. The first-order chi connectivity index (χ1) is 10.8. The minimum absolute atomic E-state index is 0.442. The summed E-state index contributed by atoms with van der Waals surface area (Å²) in [5, 5.41) is 3.46. The summed E-state index contributed by atoms with van der Waals surface area (Å²) in [6.07, 6.45) is 6.30. The Morgan fingerprint density at radius 2 is 2.14 bits per heavy atom. The molecule has 22 heavy (non-hydrogen) atoms. The fourth-order valence-electron chi connectivity index (χ4n) is 3.34. The predicted molar refractivity (Wildman–Crippen MR) is 88.3 cm³/mol. The van der Waals surface area contributed by atoms with E-state index in [-0.39, 0.29) is 0 Å². The highest BCUT2D eigenvalue weighted by atomic mass is 16.5. The minimum Gasteiger partial charge on any atom is -0.381 e. The number of hydrogen-bond acceptors (Lipinski definition) is 5. The summed E-state index contributed by atoms with van der Waals surface area (Å²) in [7, 11) is 0. The number of anilines is 1. The van der Waals surface area contributed by atoms with E-state index in [1.807, 2.05) is 6.92 Å². The largest absolute Gasteiger partial charge is 0.381 e. The Morgan fingerprint density at radius 3 is 2.91 bits per heavy atom. The van der Waals surface area contributed by atoms with Gasteiger partial charge in [0, 0.05) is 25.1 Å². The summed E-state index contributed by atoms with van der Waals surface area (Å²) in [6, 6.07) is 2.10. The lowest BCUT2D eigenvalue weighted by atomic mass is 10.0. The predicted octanol–water partition coefficient (Wildman–Crippen LogP) is 2.58. The van der Waals surface area contributed by atoms with Crippen molar-refractivity contribution in [2.75, 3.05) is 44.7 Å². The van der Waals surface area contributed by atoms with Crippen LogP contribution >= 0.6 is 0 Å². The molecule has 1 unspecified atom stereocenters. The van der Waals surface area contributed by atoms with E-state index in [1.165, 1.54) is 45.3 Å². The second-order valence-electron chi connectivity index (χ2n) is 6.47. The number of hydrogen-bond donors (Lipinski definition) is 1. The third-order valence-corrected chi connectivity index (χ3v) is 4.61. The average molecular weight is 304 g/mol. The highest BCUT2D eigenvalue weighted by Gasteiger charge is 2.20. The Labute approximate surface area is 133 Å². The Balaban J connectivity index is 1.43. The molecular weight excluding hydrogens is 276 g/mol. The van der Waals surface area contributed by atoms with Crippen LogP contribution in [0.25, 0.3) is 0 Å². The second kappa shape index (κ2) is 7.88. The van der Waals surface area contributed by atoms with Crippen molar-refractivity contribution in [1.29, 1.82) is 0 Å². The van der Waals surface area contributed by atoms with Crippen molar-refractivity contribution >= 4 is 5.82 Å². The van der Waals surface area contributed by atoms with Crippen LogP contribution in [0.4, 0.5) is 5.82 Å². The molecule has 3 heterocycles. The molecule has 2 aliphatic heterocycles. The van der Waals surface area contributed by atoms with Gasteiger partial charge in [0.1, 0.15) is 11.6 Å². The van der Waals surface area contributed by atoms with Gasteiger partial charge in [-0.05, 0) is 58.7 Å². The van der Waals surface area contributed by atoms with Gasteiger partial charge in [-0.1, -0.05) is 0 Å². The van der Waals surface area contributed by atoms with Crippen molar-refractivity contribution in [1.82, 2.24) is 14.9 Å². The Bertz CT molecular complexity index is 468. The van der Waals surface area contributed by atoms with Crippen molar-refractivity contribution < 1.29 is 4.74 Å². The third-order valence-electron chi connectivity index (χ3n) is 4.61. The number of aryl methyl sites for hydroxylation is 1. The van der Waals surface area contributed by atoms with Crippen LogP contribution in [0.3, 0.4) is 0 Å². The molecule has 122 valence electrons. The Hall–Kier alpha value is -1.20. The van der Waals surface area contributed by atoms with E-state index in [0.29, 0.717) is 5.92 Å². The fraction of sp³-hybridized carbons (Fsp3) is 0.765. The van der Waals surface area contributed by atoms with Gasteiger partial charge < -0.3 is 15.0 Å². The first-order valence-electron chi connectivity index (χ1n) is 8.71. The van der Waals surface area contributed by atoms with Gasteiger partial charge in [-0.25, -0.2) is 9.97 Å². The van der Waals surface area contributed by atoms with Crippen molar-refractivity contribution in [3.05, 3.63) is 17.6 Å². The van der Waals surface area contributed by atoms with Crippen LogP contribution in [-0.2, 0) is 4.74 Å². The van der Waals surface area contributed by atoms with Crippen LogP contribution in [0.2, 0.25) is 0 Å². The van der Waals surface area contributed by atoms with Gasteiger partial charge in [-0.3, -0.25) is 0 Å².